The van der Waals surface area contributed by atoms with Crippen LogP contribution in [0.5, 0.6) is 5.75 Å². The maximum Gasteiger partial charge on any atom is 0.118 e. The first-order valence-electron chi connectivity index (χ1n) is 5.66. The highest BCUT2D eigenvalue weighted by Gasteiger charge is 2.06. The van der Waals surface area contributed by atoms with E-state index in [1.807, 2.05) is 12.1 Å². The highest BCUT2D eigenvalue weighted by atomic mass is 35.5. The number of hydrogen-bond acceptors (Lipinski definition) is 4. The minimum Gasteiger partial charge on any atom is -0.497 e. The standard InChI is InChI=1S/C13H15ClN2OS/c1-9(10-3-5-11(17-2)6-4-10)15-8-13-16-7-12(14)18-13/h3-7,9,15H,8H2,1-2H3/t9-/m1/s1. The van der Waals surface area contributed by atoms with Crippen LogP contribution in [0, 0.1) is 0 Å². The van der Waals surface area contributed by atoms with Crippen molar-refractivity contribution in [2.45, 2.75) is 19.5 Å². The van der Waals surface area contributed by atoms with Crippen LogP contribution in [0.3, 0.4) is 0 Å². The molecule has 1 heterocycles. The maximum absolute atomic E-state index is 5.84. The van der Waals surface area contributed by atoms with Gasteiger partial charge in [-0.1, -0.05) is 23.7 Å². The van der Waals surface area contributed by atoms with E-state index < -0.39 is 0 Å². The predicted octanol–water partition coefficient (Wildman–Crippen LogP) is 3.66. The molecule has 1 atom stereocenters. The van der Waals surface area contributed by atoms with E-state index in [2.05, 4.69) is 29.4 Å². The van der Waals surface area contributed by atoms with E-state index in [1.54, 1.807) is 13.3 Å². The first-order chi connectivity index (χ1) is 8.69. The van der Waals surface area contributed by atoms with Crippen molar-refractivity contribution in [3.05, 3.63) is 45.4 Å². The maximum atomic E-state index is 5.84. The summed E-state index contributed by atoms with van der Waals surface area (Å²) in [7, 11) is 1.67. The summed E-state index contributed by atoms with van der Waals surface area (Å²) in [6.07, 6.45) is 1.68. The first kappa shape index (κ1) is 13.3. The predicted molar refractivity (Wildman–Crippen MR) is 75.4 cm³/mol. The Balaban J connectivity index is 1.92. The lowest BCUT2D eigenvalue weighted by molar-refractivity contribution is 0.414. The lowest BCUT2D eigenvalue weighted by Crippen LogP contribution is -2.17. The molecule has 18 heavy (non-hydrogen) atoms. The summed E-state index contributed by atoms with van der Waals surface area (Å²) in [4.78, 5) is 4.21. The molecule has 2 rings (SSSR count). The van der Waals surface area contributed by atoms with Crippen LogP contribution in [0.15, 0.2) is 30.5 Å². The number of benzene rings is 1. The van der Waals surface area contributed by atoms with Gasteiger partial charge >= 0.3 is 0 Å². The molecule has 1 aromatic heterocycles. The van der Waals surface area contributed by atoms with E-state index in [1.165, 1.54) is 16.9 Å². The number of rotatable bonds is 5. The SMILES string of the molecule is COc1ccc([C@@H](C)NCc2ncc(Cl)s2)cc1. The average Bonchev–Trinajstić information content (AvgIpc) is 2.82. The third kappa shape index (κ3) is 3.45. The van der Waals surface area contributed by atoms with Gasteiger partial charge in [0.25, 0.3) is 0 Å². The average molecular weight is 283 g/mol. The molecule has 3 nitrogen and oxygen atoms in total. The highest BCUT2D eigenvalue weighted by Crippen LogP contribution is 2.20. The molecule has 96 valence electrons. The highest BCUT2D eigenvalue weighted by molar-refractivity contribution is 7.15. The summed E-state index contributed by atoms with van der Waals surface area (Å²) in [5.41, 5.74) is 1.22. The summed E-state index contributed by atoms with van der Waals surface area (Å²) >= 11 is 7.34. The summed E-state index contributed by atoms with van der Waals surface area (Å²) in [6.45, 7) is 2.85. The van der Waals surface area contributed by atoms with Crippen LogP contribution in [0.2, 0.25) is 4.34 Å². The van der Waals surface area contributed by atoms with Gasteiger partial charge in [-0.2, -0.15) is 0 Å². The summed E-state index contributed by atoms with van der Waals surface area (Å²) in [6, 6.07) is 8.32. The van der Waals surface area contributed by atoms with Crippen molar-refractivity contribution in [1.82, 2.24) is 10.3 Å². The number of ether oxygens (including phenoxy) is 1. The minimum absolute atomic E-state index is 0.263. The first-order valence-corrected chi connectivity index (χ1v) is 6.86. The van der Waals surface area contributed by atoms with Crippen LogP contribution in [0.1, 0.15) is 23.5 Å². The third-order valence-electron chi connectivity index (χ3n) is 2.70. The summed E-state index contributed by atoms with van der Waals surface area (Å²) in [5.74, 6) is 0.873. The van der Waals surface area contributed by atoms with Gasteiger partial charge in [-0.15, -0.1) is 11.3 Å². The van der Waals surface area contributed by atoms with E-state index >= 15 is 0 Å². The molecule has 0 aliphatic carbocycles. The fraction of sp³-hybridized carbons (Fsp3) is 0.308. The van der Waals surface area contributed by atoms with Gasteiger partial charge in [-0.3, -0.25) is 0 Å². The molecule has 0 aliphatic rings. The van der Waals surface area contributed by atoms with Gasteiger partial charge in [0, 0.05) is 12.6 Å². The fourth-order valence-electron chi connectivity index (χ4n) is 1.62. The Bertz CT molecular complexity index is 498. The molecule has 0 spiro atoms. The number of aromatic nitrogens is 1. The van der Waals surface area contributed by atoms with Gasteiger partial charge in [-0.25, -0.2) is 4.98 Å². The van der Waals surface area contributed by atoms with E-state index in [4.69, 9.17) is 16.3 Å². The molecule has 0 aliphatic heterocycles. The van der Waals surface area contributed by atoms with Crippen molar-refractivity contribution in [2.24, 2.45) is 0 Å². The lowest BCUT2D eigenvalue weighted by atomic mass is 10.1. The van der Waals surface area contributed by atoms with Gasteiger partial charge in [0.05, 0.1) is 13.3 Å². The topological polar surface area (TPSA) is 34.1 Å². The minimum atomic E-state index is 0.263. The van der Waals surface area contributed by atoms with Crippen molar-refractivity contribution < 1.29 is 4.74 Å². The number of nitrogens with zero attached hydrogens (tertiary/aromatic N) is 1. The van der Waals surface area contributed by atoms with Crippen molar-refractivity contribution >= 4 is 22.9 Å². The lowest BCUT2D eigenvalue weighted by Gasteiger charge is -2.13. The van der Waals surface area contributed by atoms with Crippen LogP contribution in [-0.2, 0) is 6.54 Å². The van der Waals surface area contributed by atoms with Gasteiger partial charge in [0.2, 0.25) is 0 Å². The smallest absolute Gasteiger partial charge is 0.118 e. The second-order valence-corrected chi connectivity index (χ2v) is 5.68. The molecule has 5 heteroatoms. The Labute approximate surface area is 116 Å². The number of halogens is 1. The molecule has 1 N–H and O–H groups in total. The molecule has 2 aromatic rings. The molecule has 0 saturated heterocycles. The Morgan fingerprint density at radius 3 is 2.67 bits per heavy atom. The second-order valence-electron chi connectivity index (χ2n) is 3.93. The Kier molecular flexibility index (Phi) is 4.58. The normalized spacial score (nSPS) is 12.4. The molecule has 0 radical (unpaired) electrons. The number of hydrogen-bond donors (Lipinski definition) is 1. The Morgan fingerprint density at radius 1 is 1.39 bits per heavy atom. The quantitative estimate of drug-likeness (QED) is 0.909. The largest absolute Gasteiger partial charge is 0.497 e. The van der Waals surface area contributed by atoms with Crippen LogP contribution < -0.4 is 10.1 Å². The van der Waals surface area contributed by atoms with Crippen LogP contribution in [0.4, 0.5) is 0 Å². The molecule has 0 amide bonds. The number of nitrogens with one attached hydrogen (secondary N) is 1. The van der Waals surface area contributed by atoms with E-state index in [-0.39, 0.29) is 6.04 Å². The molecule has 0 saturated carbocycles. The molecule has 0 fully saturated rings. The van der Waals surface area contributed by atoms with E-state index in [9.17, 15) is 0 Å². The van der Waals surface area contributed by atoms with E-state index in [0.29, 0.717) is 0 Å². The number of thiazole rings is 1. The van der Waals surface area contributed by atoms with E-state index in [0.717, 1.165) is 21.6 Å². The zero-order chi connectivity index (χ0) is 13.0. The molecule has 0 bridgehead atoms. The fourth-order valence-corrected chi connectivity index (χ4v) is 2.53. The molecular formula is C13H15ClN2OS. The van der Waals surface area contributed by atoms with Crippen LogP contribution in [0.25, 0.3) is 0 Å². The second kappa shape index (κ2) is 6.18. The zero-order valence-electron chi connectivity index (χ0n) is 10.3. The van der Waals surface area contributed by atoms with Gasteiger partial charge in [0.1, 0.15) is 15.1 Å². The molecule has 1 aromatic carbocycles. The van der Waals surface area contributed by atoms with Gasteiger partial charge in [0.15, 0.2) is 0 Å². The van der Waals surface area contributed by atoms with Crippen molar-refractivity contribution in [2.75, 3.05) is 7.11 Å². The van der Waals surface area contributed by atoms with Crippen molar-refractivity contribution in [3.8, 4) is 5.75 Å². The third-order valence-corrected chi connectivity index (χ3v) is 3.82. The van der Waals surface area contributed by atoms with Gasteiger partial charge < -0.3 is 10.1 Å². The van der Waals surface area contributed by atoms with Crippen LogP contribution in [-0.4, -0.2) is 12.1 Å². The molecular weight excluding hydrogens is 268 g/mol. The zero-order valence-corrected chi connectivity index (χ0v) is 11.9. The molecule has 0 unspecified atom stereocenters. The van der Waals surface area contributed by atoms with Crippen molar-refractivity contribution in [3.63, 3.8) is 0 Å². The van der Waals surface area contributed by atoms with Gasteiger partial charge in [-0.05, 0) is 24.6 Å². The monoisotopic (exact) mass is 282 g/mol. The number of methoxy groups -OCH3 is 1. The summed E-state index contributed by atoms with van der Waals surface area (Å²) < 4.78 is 5.86. The Hall–Kier alpha value is -1.10. The Morgan fingerprint density at radius 2 is 2.11 bits per heavy atom. The van der Waals surface area contributed by atoms with Crippen molar-refractivity contribution in [1.29, 1.82) is 0 Å². The van der Waals surface area contributed by atoms with Crippen LogP contribution >= 0.6 is 22.9 Å². The summed E-state index contributed by atoms with van der Waals surface area (Å²) in [5, 5.41) is 4.41.